The number of amides is 2. The van der Waals surface area contributed by atoms with Crippen molar-refractivity contribution in [3.63, 3.8) is 0 Å². The molecule has 3 aromatic rings. The summed E-state index contributed by atoms with van der Waals surface area (Å²) in [5, 5.41) is 5.06. The summed E-state index contributed by atoms with van der Waals surface area (Å²) >= 11 is 3.48. The minimum atomic E-state index is -0.618. The van der Waals surface area contributed by atoms with Gasteiger partial charge in [0, 0.05) is 29.8 Å². The number of carbonyl (C=O) groups excluding carboxylic acids is 2. The van der Waals surface area contributed by atoms with Gasteiger partial charge in [-0.2, -0.15) is 5.10 Å². The first kappa shape index (κ1) is 28.2. The van der Waals surface area contributed by atoms with Crippen LogP contribution in [-0.2, 0) is 17.7 Å². The van der Waals surface area contributed by atoms with E-state index in [1.165, 1.54) is 5.56 Å². The molecule has 8 nitrogen and oxygen atoms in total. The zero-order valence-electron chi connectivity index (χ0n) is 24.0. The topological polar surface area (TPSA) is 76.9 Å². The SMILES string of the molecule is COc1cc(C(=O)N2CCc3c(-c4ccc(C(C)C)cc4)nn4c3C2CN(C(=O)OC(C)(C)C)CC4)ccc1Br. The van der Waals surface area contributed by atoms with Crippen LogP contribution in [0.25, 0.3) is 11.3 Å². The Morgan fingerprint density at radius 2 is 1.77 bits per heavy atom. The lowest BCUT2D eigenvalue weighted by atomic mass is 9.93. The van der Waals surface area contributed by atoms with Gasteiger partial charge in [-0.3, -0.25) is 9.48 Å². The molecule has 1 unspecified atom stereocenters. The third kappa shape index (κ3) is 5.48. The van der Waals surface area contributed by atoms with E-state index in [0.29, 0.717) is 49.8 Å². The molecule has 0 bridgehead atoms. The van der Waals surface area contributed by atoms with Crippen LogP contribution < -0.4 is 4.74 Å². The van der Waals surface area contributed by atoms with Crippen molar-refractivity contribution in [3.05, 3.63) is 69.3 Å². The normalized spacial score (nSPS) is 16.9. The largest absolute Gasteiger partial charge is 0.496 e. The van der Waals surface area contributed by atoms with Crippen LogP contribution in [-0.4, -0.2) is 63.9 Å². The van der Waals surface area contributed by atoms with Crippen LogP contribution in [0, 0.1) is 0 Å². The number of nitrogens with zero attached hydrogens (tertiary/aromatic N) is 4. The number of aromatic nitrogens is 2. The van der Waals surface area contributed by atoms with Gasteiger partial charge >= 0.3 is 6.09 Å². The molecule has 0 N–H and O–H groups in total. The maximum absolute atomic E-state index is 14.0. The molecule has 40 heavy (non-hydrogen) atoms. The van der Waals surface area contributed by atoms with Crippen LogP contribution in [0.5, 0.6) is 5.75 Å². The fraction of sp³-hybridized carbons (Fsp3) is 0.452. The zero-order chi connectivity index (χ0) is 28.8. The molecule has 3 heterocycles. The van der Waals surface area contributed by atoms with Gasteiger partial charge in [0.2, 0.25) is 0 Å². The van der Waals surface area contributed by atoms with Crippen LogP contribution in [0.3, 0.4) is 0 Å². The van der Waals surface area contributed by atoms with Crippen molar-refractivity contribution in [1.82, 2.24) is 19.6 Å². The summed E-state index contributed by atoms with van der Waals surface area (Å²) < 4.78 is 14.0. The Morgan fingerprint density at radius 1 is 1.05 bits per heavy atom. The molecule has 5 rings (SSSR count). The maximum atomic E-state index is 14.0. The van der Waals surface area contributed by atoms with E-state index in [-0.39, 0.29) is 18.0 Å². The van der Waals surface area contributed by atoms with Crippen molar-refractivity contribution < 1.29 is 19.1 Å². The minimum Gasteiger partial charge on any atom is -0.496 e. The zero-order valence-corrected chi connectivity index (χ0v) is 25.6. The first-order valence-electron chi connectivity index (χ1n) is 13.8. The molecular formula is C31H37BrN4O4. The van der Waals surface area contributed by atoms with Gasteiger partial charge < -0.3 is 19.3 Å². The monoisotopic (exact) mass is 608 g/mol. The second kappa shape index (κ2) is 10.9. The lowest BCUT2D eigenvalue weighted by Crippen LogP contribution is -2.46. The van der Waals surface area contributed by atoms with Crippen LogP contribution in [0.15, 0.2) is 46.9 Å². The van der Waals surface area contributed by atoms with Gasteiger partial charge in [-0.1, -0.05) is 38.1 Å². The molecule has 9 heteroatoms. The number of halogens is 1. The molecule has 0 spiro atoms. The van der Waals surface area contributed by atoms with E-state index in [9.17, 15) is 9.59 Å². The highest BCUT2D eigenvalue weighted by molar-refractivity contribution is 9.10. The number of rotatable bonds is 4. The first-order chi connectivity index (χ1) is 19.0. The average Bonchev–Trinajstić information content (AvgIpc) is 3.17. The first-order valence-corrected chi connectivity index (χ1v) is 14.6. The number of carbonyl (C=O) groups is 2. The van der Waals surface area contributed by atoms with Crippen molar-refractivity contribution in [2.75, 3.05) is 26.7 Å². The average molecular weight is 610 g/mol. The number of ether oxygens (including phenoxy) is 2. The summed E-state index contributed by atoms with van der Waals surface area (Å²) in [4.78, 5) is 30.8. The van der Waals surface area contributed by atoms with Gasteiger partial charge in [-0.25, -0.2) is 4.79 Å². The van der Waals surface area contributed by atoms with Crippen LogP contribution >= 0.6 is 15.9 Å². The molecule has 2 aliphatic heterocycles. The Balaban J connectivity index is 1.55. The molecular weight excluding hydrogens is 572 g/mol. The molecule has 2 aliphatic rings. The Morgan fingerprint density at radius 3 is 2.42 bits per heavy atom. The molecule has 2 amide bonds. The summed E-state index contributed by atoms with van der Waals surface area (Å²) in [6.07, 6.45) is 0.298. The van der Waals surface area contributed by atoms with Gasteiger partial charge in [-0.05, 0) is 72.8 Å². The second-order valence-corrected chi connectivity index (χ2v) is 12.6. The summed E-state index contributed by atoms with van der Waals surface area (Å²) in [5.74, 6) is 0.936. The van der Waals surface area contributed by atoms with Crippen molar-refractivity contribution in [2.24, 2.45) is 0 Å². The predicted molar refractivity (Wildman–Crippen MR) is 158 cm³/mol. The van der Waals surface area contributed by atoms with Crippen LogP contribution in [0.4, 0.5) is 4.79 Å². The minimum absolute atomic E-state index is 0.108. The van der Waals surface area contributed by atoms with Crippen molar-refractivity contribution in [3.8, 4) is 17.0 Å². The van der Waals surface area contributed by atoms with Gasteiger partial charge in [0.1, 0.15) is 11.4 Å². The highest BCUT2D eigenvalue weighted by Gasteiger charge is 2.41. The molecule has 0 aliphatic carbocycles. The number of benzene rings is 2. The Bertz CT molecular complexity index is 1420. The van der Waals surface area contributed by atoms with Gasteiger partial charge in [-0.15, -0.1) is 0 Å². The van der Waals surface area contributed by atoms with Gasteiger partial charge in [0.25, 0.3) is 5.91 Å². The van der Waals surface area contributed by atoms with E-state index in [1.807, 2.05) is 36.4 Å². The number of hydrogen-bond acceptors (Lipinski definition) is 5. The summed E-state index contributed by atoms with van der Waals surface area (Å²) in [6.45, 7) is 11.8. The molecule has 212 valence electrons. The molecule has 0 fully saturated rings. The Labute approximate surface area is 244 Å². The van der Waals surface area contributed by atoms with Gasteiger partial charge in [0.05, 0.1) is 42.1 Å². The fourth-order valence-corrected chi connectivity index (χ4v) is 5.90. The van der Waals surface area contributed by atoms with Crippen molar-refractivity contribution in [1.29, 1.82) is 0 Å². The van der Waals surface area contributed by atoms with Crippen LogP contribution in [0.2, 0.25) is 0 Å². The fourth-order valence-electron chi connectivity index (χ4n) is 5.49. The lowest BCUT2D eigenvalue weighted by molar-refractivity contribution is 0.0184. The van der Waals surface area contributed by atoms with E-state index in [0.717, 1.165) is 27.0 Å². The molecule has 1 aromatic heterocycles. The molecule has 0 saturated carbocycles. The highest BCUT2D eigenvalue weighted by atomic mass is 79.9. The third-order valence-corrected chi connectivity index (χ3v) is 8.18. The standard InChI is InChI=1S/C31H37BrN4O4/c1-19(2)20-7-9-21(10-8-20)27-23-13-14-35(29(37)22-11-12-24(32)26(17-22)39-6)25-18-34(30(38)40-31(3,4)5)15-16-36(33-27)28(23)25/h7-12,17,19,25H,13-16,18H2,1-6H3. The van der Waals surface area contributed by atoms with E-state index >= 15 is 0 Å². The predicted octanol–water partition coefficient (Wildman–Crippen LogP) is 6.43. The van der Waals surface area contributed by atoms with E-state index in [4.69, 9.17) is 14.6 Å². The maximum Gasteiger partial charge on any atom is 0.410 e. The molecule has 1 atom stereocenters. The summed E-state index contributed by atoms with van der Waals surface area (Å²) in [5.41, 5.74) is 5.37. The van der Waals surface area contributed by atoms with Crippen molar-refractivity contribution in [2.45, 2.75) is 65.1 Å². The van der Waals surface area contributed by atoms with Gasteiger partial charge in [0.15, 0.2) is 0 Å². The van der Waals surface area contributed by atoms with E-state index in [1.54, 1.807) is 24.1 Å². The summed E-state index contributed by atoms with van der Waals surface area (Å²) in [6, 6.07) is 13.6. The Hall–Kier alpha value is -3.33. The quantitative estimate of drug-likeness (QED) is 0.341. The molecule has 0 radical (unpaired) electrons. The van der Waals surface area contributed by atoms with Crippen molar-refractivity contribution >= 4 is 27.9 Å². The number of methoxy groups -OCH3 is 1. The summed E-state index contributed by atoms with van der Waals surface area (Å²) in [7, 11) is 1.58. The lowest BCUT2D eigenvalue weighted by Gasteiger charge is -2.37. The van der Waals surface area contributed by atoms with E-state index < -0.39 is 5.60 Å². The van der Waals surface area contributed by atoms with E-state index in [2.05, 4.69) is 54.0 Å². The third-order valence-electron chi connectivity index (χ3n) is 7.52. The molecule has 0 saturated heterocycles. The molecule has 2 aromatic carbocycles. The van der Waals surface area contributed by atoms with Crippen LogP contribution in [0.1, 0.15) is 73.8 Å². The highest BCUT2D eigenvalue weighted by Crippen LogP contribution is 2.39. The Kier molecular flexibility index (Phi) is 7.70. The smallest absolute Gasteiger partial charge is 0.410 e. The number of hydrogen-bond donors (Lipinski definition) is 0. The second-order valence-electron chi connectivity index (χ2n) is 11.8.